The zero-order valence-electron chi connectivity index (χ0n) is 17.2. The minimum atomic E-state index is -0.122. The van der Waals surface area contributed by atoms with Gasteiger partial charge in [0.15, 0.2) is 11.6 Å². The summed E-state index contributed by atoms with van der Waals surface area (Å²) < 4.78 is 0. The van der Waals surface area contributed by atoms with Gasteiger partial charge in [-0.2, -0.15) is 0 Å². The van der Waals surface area contributed by atoms with Crippen LogP contribution < -0.4 is 0 Å². The van der Waals surface area contributed by atoms with Crippen LogP contribution >= 0.6 is 0 Å². The van der Waals surface area contributed by atoms with E-state index in [0.717, 1.165) is 16.7 Å². The summed E-state index contributed by atoms with van der Waals surface area (Å²) in [5.41, 5.74) is 5.91. The number of ketones is 2. The van der Waals surface area contributed by atoms with Gasteiger partial charge in [0.25, 0.3) is 0 Å². The molecule has 2 nitrogen and oxygen atoms in total. The zero-order chi connectivity index (χ0) is 20.3. The third-order valence-electron chi connectivity index (χ3n) is 5.74. The van der Waals surface area contributed by atoms with Gasteiger partial charge in [0.1, 0.15) is 0 Å². The van der Waals surface area contributed by atoms with Crippen LogP contribution in [0.1, 0.15) is 68.4 Å². The van der Waals surface area contributed by atoms with Gasteiger partial charge in [-0.05, 0) is 42.5 Å². The maximum absolute atomic E-state index is 12.6. The molecule has 0 spiro atoms. The molecular formula is C26H28O2. The van der Waals surface area contributed by atoms with E-state index in [0.29, 0.717) is 24.8 Å². The normalized spacial score (nSPS) is 14.9. The maximum atomic E-state index is 12.6. The fourth-order valence-corrected chi connectivity index (χ4v) is 3.90. The molecule has 0 amide bonds. The molecule has 0 fully saturated rings. The highest BCUT2D eigenvalue weighted by molar-refractivity contribution is 6.01. The summed E-state index contributed by atoms with van der Waals surface area (Å²) in [7, 11) is 0. The second-order valence-electron chi connectivity index (χ2n) is 8.24. The van der Waals surface area contributed by atoms with Crippen molar-refractivity contribution in [2.75, 3.05) is 0 Å². The molecule has 0 aromatic heterocycles. The van der Waals surface area contributed by atoms with Gasteiger partial charge in [0.05, 0.1) is 0 Å². The Labute approximate surface area is 168 Å². The first-order valence-corrected chi connectivity index (χ1v) is 9.88. The molecule has 0 heterocycles. The summed E-state index contributed by atoms with van der Waals surface area (Å²) >= 11 is 0. The molecule has 1 aliphatic rings. The smallest absolute Gasteiger partial charge is 0.163 e. The summed E-state index contributed by atoms with van der Waals surface area (Å²) in [6.45, 7) is 8.32. The van der Waals surface area contributed by atoms with E-state index in [9.17, 15) is 9.59 Å². The van der Waals surface area contributed by atoms with E-state index >= 15 is 0 Å². The molecule has 3 rings (SSSR count). The number of hydrogen-bond donors (Lipinski definition) is 0. The Kier molecular flexibility index (Phi) is 5.79. The molecule has 0 N–H and O–H groups in total. The molecule has 28 heavy (non-hydrogen) atoms. The second-order valence-corrected chi connectivity index (χ2v) is 8.24. The standard InChI is InChI=1S/C26H28O2/c1-18-16-19(2)23(25(28)17-18)14-15-24(27)20-10-12-22(13-11-20)26(3,4)21-8-6-5-7-9-21/h5-13,16H,14-15,17H2,1-4H3. The summed E-state index contributed by atoms with van der Waals surface area (Å²) in [6, 6.07) is 18.3. The molecule has 144 valence electrons. The van der Waals surface area contributed by atoms with E-state index in [-0.39, 0.29) is 17.0 Å². The number of benzene rings is 2. The summed E-state index contributed by atoms with van der Waals surface area (Å²) in [5.74, 6) is 0.244. The summed E-state index contributed by atoms with van der Waals surface area (Å²) in [5, 5.41) is 0. The Morgan fingerprint density at radius 1 is 0.929 bits per heavy atom. The zero-order valence-corrected chi connectivity index (χ0v) is 17.2. The molecule has 2 heteroatoms. The SMILES string of the molecule is CC1=CC(C)=C(CCC(=O)c2ccc(C(C)(C)c3ccccc3)cc2)C(=O)C1. The Bertz CT molecular complexity index is 942. The van der Waals surface area contributed by atoms with Crippen LogP contribution in [0.15, 0.2) is 77.4 Å². The van der Waals surface area contributed by atoms with Crippen LogP contribution in [-0.2, 0) is 10.2 Å². The molecule has 0 saturated heterocycles. The van der Waals surface area contributed by atoms with Crippen molar-refractivity contribution in [3.8, 4) is 0 Å². The quantitative estimate of drug-likeness (QED) is 0.565. The van der Waals surface area contributed by atoms with E-state index in [1.54, 1.807) is 0 Å². The monoisotopic (exact) mass is 372 g/mol. The highest BCUT2D eigenvalue weighted by Gasteiger charge is 2.23. The first-order valence-electron chi connectivity index (χ1n) is 9.88. The number of carbonyl (C=O) groups is 2. The molecule has 0 atom stereocenters. The number of rotatable bonds is 6. The average molecular weight is 373 g/mol. The Balaban J connectivity index is 1.71. The highest BCUT2D eigenvalue weighted by atomic mass is 16.1. The van der Waals surface area contributed by atoms with Crippen LogP contribution in [0, 0.1) is 0 Å². The van der Waals surface area contributed by atoms with Gasteiger partial charge >= 0.3 is 0 Å². The highest BCUT2D eigenvalue weighted by Crippen LogP contribution is 2.31. The first-order chi connectivity index (χ1) is 13.3. The van der Waals surface area contributed by atoms with Gasteiger partial charge in [0.2, 0.25) is 0 Å². The van der Waals surface area contributed by atoms with Crippen LogP contribution in [0.25, 0.3) is 0 Å². The van der Waals surface area contributed by atoms with E-state index in [4.69, 9.17) is 0 Å². The lowest BCUT2D eigenvalue weighted by Gasteiger charge is -2.26. The molecule has 2 aromatic carbocycles. The van der Waals surface area contributed by atoms with E-state index < -0.39 is 0 Å². The van der Waals surface area contributed by atoms with Crippen LogP contribution in [0.3, 0.4) is 0 Å². The molecule has 1 aliphatic carbocycles. The lowest BCUT2D eigenvalue weighted by atomic mass is 9.78. The van der Waals surface area contributed by atoms with Crippen LogP contribution in [0.5, 0.6) is 0 Å². The van der Waals surface area contributed by atoms with Crippen molar-refractivity contribution in [2.24, 2.45) is 0 Å². The van der Waals surface area contributed by atoms with Gasteiger partial charge < -0.3 is 0 Å². The molecule has 0 saturated carbocycles. The Morgan fingerprint density at radius 3 is 2.14 bits per heavy atom. The van der Waals surface area contributed by atoms with Gasteiger partial charge in [-0.1, -0.05) is 80.1 Å². The third kappa shape index (κ3) is 4.22. The van der Waals surface area contributed by atoms with E-state index in [1.807, 2.05) is 44.2 Å². The largest absolute Gasteiger partial charge is 0.294 e. The van der Waals surface area contributed by atoms with Crippen molar-refractivity contribution in [3.63, 3.8) is 0 Å². The van der Waals surface area contributed by atoms with Gasteiger partial charge in [0, 0.05) is 23.8 Å². The van der Waals surface area contributed by atoms with Crippen LogP contribution in [0.2, 0.25) is 0 Å². The summed E-state index contributed by atoms with van der Waals surface area (Å²) in [6.07, 6.45) is 3.42. The van der Waals surface area contributed by atoms with Crippen molar-refractivity contribution in [1.29, 1.82) is 0 Å². The maximum Gasteiger partial charge on any atom is 0.163 e. The second kappa shape index (κ2) is 8.10. The number of allylic oxidation sites excluding steroid dienone is 4. The predicted molar refractivity (Wildman–Crippen MR) is 115 cm³/mol. The Hall–Kier alpha value is -2.74. The van der Waals surface area contributed by atoms with Crippen molar-refractivity contribution in [1.82, 2.24) is 0 Å². The van der Waals surface area contributed by atoms with Crippen LogP contribution in [0.4, 0.5) is 0 Å². The van der Waals surface area contributed by atoms with Gasteiger partial charge in [-0.15, -0.1) is 0 Å². The number of carbonyl (C=O) groups excluding carboxylic acids is 2. The van der Waals surface area contributed by atoms with Crippen LogP contribution in [-0.4, -0.2) is 11.6 Å². The third-order valence-corrected chi connectivity index (χ3v) is 5.74. The average Bonchev–Trinajstić information content (AvgIpc) is 2.67. The van der Waals surface area contributed by atoms with Crippen molar-refractivity contribution < 1.29 is 9.59 Å². The van der Waals surface area contributed by atoms with Crippen molar-refractivity contribution in [2.45, 2.75) is 52.4 Å². The van der Waals surface area contributed by atoms with E-state index in [1.165, 1.54) is 11.1 Å². The minimum absolute atomic E-state index is 0.0865. The van der Waals surface area contributed by atoms with Gasteiger partial charge in [-0.25, -0.2) is 0 Å². The molecule has 0 bridgehead atoms. The molecule has 0 radical (unpaired) electrons. The number of Topliss-reactive ketones (excluding diaryl/α,β-unsaturated/α-hetero) is 2. The predicted octanol–water partition coefficient (Wildman–Crippen LogP) is 6.21. The molecule has 2 aromatic rings. The fraction of sp³-hybridized carbons (Fsp3) is 0.308. The van der Waals surface area contributed by atoms with Crippen molar-refractivity contribution >= 4 is 11.6 Å². The topological polar surface area (TPSA) is 34.1 Å². The Morgan fingerprint density at radius 2 is 1.54 bits per heavy atom. The molecular weight excluding hydrogens is 344 g/mol. The minimum Gasteiger partial charge on any atom is -0.294 e. The van der Waals surface area contributed by atoms with Gasteiger partial charge in [-0.3, -0.25) is 9.59 Å². The van der Waals surface area contributed by atoms with Crippen molar-refractivity contribution in [3.05, 3.63) is 94.1 Å². The lowest BCUT2D eigenvalue weighted by molar-refractivity contribution is -0.115. The van der Waals surface area contributed by atoms with E-state index in [2.05, 4.69) is 44.2 Å². The lowest BCUT2D eigenvalue weighted by Crippen LogP contribution is -2.18. The first kappa shape index (κ1) is 20.0. The molecule has 0 aliphatic heterocycles. The fourth-order valence-electron chi connectivity index (χ4n) is 3.90. The number of hydrogen-bond acceptors (Lipinski definition) is 2. The molecule has 0 unspecified atom stereocenters. The summed E-state index contributed by atoms with van der Waals surface area (Å²) in [4.78, 5) is 24.9.